The monoisotopic (exact) mass is 411 g/mol. The van der Waals surface area contributed by atoms with Gasteiger partial charge in [-0.3, -0.25) is 9.14 Å². The molecule has 0 unspecified atom stereocenters. The Morgan fingerprint density at radius 1 is 1.43 bits per heavy atom. The van der Waals surface area contributed by atoms with E-state index in [4.69, 9.17) is 9.94 Å². The van der Waals surface area contributed by atoms with Crippen LogP contribution in [0.2, 0.25) is 0 Å². The van der Waals surface area contributed by atoms with Crippen LogP contribution >= 0.6 is 27.9 Å². The summed E-state index contributed by atoms with van der Waals surface area (Å²) in [6.45, 7) is -0.327. The molecular formula is C12H9BrF3N3O3S. The minimum Gasteiger partial charge on any atom is -0.472 e. The van der Waals surface area contributed by atoms with Crippen molar-refractivity contribution in [3.8, 4) is 5.88 Å². The average Bonchev–Trinajstić information content (AvgIpc) is 2.89. The van der Waals surface area contributed by atoms with E-state index in [1.807, 2.05) is 0 Å². The molecule has 2 N–H and O–H groups in total. The van der Waals surface area contributed by atoms with Gasteiger partial charge in [-0.15, -0.1) is 4.85 Å². The molecule has 1 aromatic heterocycles. The van der Waals surface area contributed by atoms with Crippen molar-refractivity contribution in [2.75, 3.05) is 0 Å². The molecule has 0 aliphatic rings. The second-order valence-electron chi connectivity index (χ2n) is 4.12. The molecule has 6 nitrogen and oxygen atoms in total. The smallest absolute Gasteiger partial charge is 0.446 e. The van der Waals surface area contributed by atoms with Gasteiger partial charge < -0.3 is 9.94 Å². The average molecular weight is 412 g/mol. The zero-order valence-corrected chi connectivity index (χ0v) is 13.6. The van der Waals surface area contributed by atoms with E-state index in [1.165, 1.54) is 30.5 Å². The fraction of sp³-hybridized carbons (Fsp3) is 0.167. The summed E-state index contributed by atoms with van der Waals surface area (Å²) in [5.74, 6) is -0.606. The molecule has 0 fully saturated rings. The molecule has 0 bridgehead atoms. The highest BCUT2D eigenvalue weighted by molar-refractivity contribution is 9.08. The van der Waals surface area contributed by atoms with Crippen molar-refractivity contribution in [1.82, 2.24) is 14.3 Å². The predicted octanol–water partition coefficient (Wildman–Crippen LogP) is 3.35. The van der Waals surface area contributed by atoms with Gasteiger partial charge >= 0.3 is 5.51 Å². The van der Waals surface area contributed by atoms with Gasteiger partial charge in [0.15, 0.2) is 0 Å². The Morgan fingerprint density at radius 2 is 2.17 bits per heavy atom. The lowest BCUT2D eigenvalue weighted by Gasteiger charge is -2.14. The molecule has 124 valence electrons. The van der Waals surface area contributed by atoms with E-state index in [0.29, 0.717) is 4.85 Å². The van der Waals surface area contributed by atoms with Crippen molar-refractivity contribution in [2.45, 2.75) is 17.0 Å². The van der Waals surface area contributed by atoms with Crippen LogP contribution in [0.4, 0.5) is 13.2 Å². The van der Waals surface area contributed by atoms with Crippen LogP contribution in [0.3, 0.4) is 0 Å². The second kappa shape index (κ2) is 7.13. The molecule has 0 atom stereocenters. The highest BCUT2D eigenvalue weighted by Crippen LogP contribution is 2.39. The largest absolute Gasteiger partial charge is 0.472 e. The van der Waals surface area contributed by atoms with Gasteiger partial charge in [-0.1, -0.05) is 11.2 Å². The zero-order valence-electron chi connectivity index (χ0n) is 11.2. The first kappa shape index (κ1) is 17.5. The number of benzene rings is 1. The summed E-state index contributed by atoms with van der Waals surface area (Å²) in [5, 5.41) is 12.6. The number of carbonyl (C=O) groups is 1. The standard InChI is InChI=1S/C12H9BrF3N3O3S/c13-17-11(20)7-2-1-3-9(23-12(14,15)16)8(7)6-22-10-4-5-19(21)18-10/h1-5,21H,6H2,(H,17,20). The lowest BCUT2D eigenvalue weighted by molar-refractivity contribution is -0.0328. The van der Waals surface area contributed by atoms with E-state index in [9.17, 15) is 18.0 Å². The maximum atomic E-state index is 12.7. The van der Waals surface area contributed by atoms with Crippen LogP contribution < -0.4 is 9.08 Å². The third-order valence-electron chi connectivity index (χ3n) is 2.61. The molecule has 0 aliphatic heterocycles. The number of hydrogen-bond acceptors (Lipinski definition) is 5. The number of halogens is 4. The summed E-state index contributed by atoms with van der Waals surface area (Å²) >= 11 is 2.41. The van der Waals surface area contributed by atoms with Crippen molar-refractivity contribution in [3.05, 3.63) is 41.6 Å². The highest BCUT2D eigenvalue weighted by atomic mass is 79.9. The van der Waals surface area contributed by atoms with Gasteiger partial charge in [0.2, 0.25) is 5.88 Å². The fourth-order valence-corrected chi connectivity index (χ4v) is 2.62. The van der Waals surface area contributed by atoms with E-state index >= 15 is 0 Å². The van der Waals surface area contributed by atoms with Crippen LogP contribution in [0.5, 0.6) is 5.88 Å². The first-order valence-electron chi connectivity index (χ1n) is 5.96. The molecule has 0 saturated heterocycles. The van der Waals surface area contributed by atoms with Gasteiger partial charge in [-0.2, -0.15) is 13.2 Å². The van der Waals surface area contributed by atoms with E-state index < -0.39 is 11.4 Å². The number of nitrogens with zero attached hydrogens (tertiary/aromatic N) is 2. The quantitative estimate of drug-likeness (QED) is 0.448. The SMILES string of the molecule is O=C(NBr)c1cccc(SC(F)(F)F)c1COc1ccn(O)n1. The topological polar surface area (TPSA) is 76.4 Å². The number of rotatable bonds is 5. The van der Waals surface area contributed by atoms with Gasteiger partial charge in [-0.25, -0.2) is 0 Å². The van der Waals surface area contributed by atoms with Gasteiger partial charge in [0.05, 0.1) is 6.20 Å². The normalized spacial score (nSPS) is 11.3. The van der Waals surface area contributed by atoms with Crippen LogP contribution in [0.15, 0.2) is 35.4 Å². The van der Waals surface area contributed by atoms with Gasteiger partial charge in [0.1, 0.15) is 6.61 Å². The first-order valence-corrected chi connectivity index (χ1v) is 7.57. The summed E-state index contributed by atoms with van der Waals surface area (Å²) in [6, 6.07) is 5.29. The molecule has 2 aromatic rings. The number of nitrogens with one attached hydrogen (secondary N) is 1. The van der Waals surface area contributed by atoms with E-state index in [1.54, 1.807) is 0 Å². The number of aromatic nitrogens is 2. The fourth-order valence-electron chi connectivity index (χ4n) is 1.72. The Hall–Kier alpha value is -1.88. The molecule has 0 radical (unpaired) electrons. The van der Waals surface area contributed by atoms with Crippen LogP contribution in [-0.2, 0) is 6.61 Å². The summed E-state index contributed by atoms with van der Waals surface area (Å²) in [6.07, 6.45) is 1.19. The Morgan fingerprint density at radius 3 is 2.74 bits per heavy atom. The molecule has 2 rings (SSSR count). The Labute approximate surface area is 140 Å². The van der Waals surface area contributed by atoms with Crippen molar-refractivity contribution >= 4 is 33.8 Å². The predicted molar refractivity (Wildman–Crippen MR) is 78.5 cm³/mol. The minimum absolute atomic E-state index is 0.00418. The van der Waals surface area contributed by atoms with Crippen LogP contribution in [0.1, 0.15) is 15.9 Å². The molecular weight excluding hydrogens is 403 g/mol. The lowest BCUT2D eigenvalue weighted by Crippen LogP contribution is -2.16. The molecule has 0 spiro atoms. The van der Waals surface area contributed by atoms with Crippen molar-refractivity contribution in [1.29, 1.82) is 0 Å². The Kier molecular flexibility index (Phi) is 5.42. The summed E-state index contributed by atoms with van der Waals surface area (Å²) in [5.41, 5.74) is -4.43. The van der Waals surface area contributed by atoms with E-state index in [0.717, 1.165) is 0 Å². The number of hydrogen-bond donors (Lipinski definition) is 2. The van der Waals surface area contributed by atoms with Gasteiger partial charge in [0, 0.05) is 38.2 Å². The third-order valence-corrected chi connectivity index (χ3v) is 3.80. The molecule has 1 aromatic carbocycles. The Bertz CT molecular complexity index is 708. The van der Waals surface area contributed by atoms with Crippen molar-refractivity contribution in [3.63, 3.8) is 0 Å². The molecule has 23 heavy (non-hydrogen) atoms. The molecule has 11 heteroatoms. The van der Waals surface area contributed by atoms with Crippen molar-refractivity contribution in [2.24, 2.45) is 0 Å². The number of amides is 1. The third kappa shape index (κ3) is 4.79. The number of alkyl halides is 3. The van der Waals surface area contributed by atoms with E-state index in [-0.39, 0.29) is 40.3 Å². The van der Waals surface area contributed by atoms with Crippen LogP contribution in [0.25, 0.3) is 0 Å². The lowest BCUT2D eigenvalue weighted by atomic mass is 10.1. The van der Waals surface area contributed by atoms with Crippen molar-refractivity contribution < 1.29 is 27.9 Å². The van der Waals surface area contributed by atoms with Crippen LogP contribution in [-0.4, -0.2) is 26.6 Å². The minimum atomic E-state index is -4.51. The van der Waals surface area contributed by atoms with E-state index in [2.05, 4.69) is 25.6 Å². The summed E-state index contributed by atoms with van der Waals surface area (Å²) in [7, 11) is 0. The highest BCUT2D eigenvalue weighted by Gasteiger charge is 2.31. The number of thioether (sulfide) groups is 1. The second-order valence-corrected chi connectivity index (χ2v) is 5.62. The molecule has 1 amide bonds. The number of ether oxygens (including phenoxy) is 1. The molecule has 1 heterocycles. The van der Waals surface area contributed by atoms with Gasteiger partial charge in [0.25, 0.3) is 5.91 Å². The maximum Gasteiger partial charge on any atom is 0.446 e. The maximum absolute atomic E-state index is 12.7. The molecule has 0 aliphatic carbocycles. The molecule has 0 saturated carbocycles. The number of carbonyl (C=O) groups excluding carboxylic acids is 1. The first-order chi connectivity index (χ1) is 10.8. The summed E-state index contributed by atoms with van der Waals surface area (Å²) in [4.78, 5) is 12.1. The Balaban J connectivity index is 2.33. The summed E-state index contributed by atoms with van der Waals surface area (Å²) < 4.78 is 45.4. The van der Waals surface area contributed by atoms with Crippen LogP contribution in [0, 0.1) is 0 Å². The van der Waals surface area contributed by atoms with Gasteiger partial charge in [-0.05, 0) is 23.9 Å². The zero-order chi connectivity index (χ0) is 17.0.